The lowest BCUT2D eigenvalue weighted by atomic mass is 10.2. The second kappa shape index (κ2) is 5.55. The Hall–Kier alpha value is -2.37. The molecular weight excluding hydrogens is 273 g/mol. The summed E-state index contributed by atoms with van der Waals surface area (Å²) in [6.45, 7) is 0.818. The molecule has 5 nitrogen and oxygen atoms in total. The Balaban J connectivity index is 1.74. The predicted octanol–water partition coefficient (Wildman–Crippen LogP) is 1.70. The average molecular weight is 289 g/mol. The molecule has 1 aromatic heterocycles. The molecule has 110 valence electrons. The molecule has 2 aromatic rings. The molecular formula is C15H16FN3O2. The summed E-state index contributed by atoms with van der Waals surface area (Å²) in [5, 5.41) is 2.93. The molecule has 0 atom stereocenters. The lowest BCUT2D eigenvalue weighted by Crippen LogP contribution is -2.35. The zero-order valence-electron chi connectivity index (χ0n) is 11.4. The van der Waals surface area contributed by atoms with E-state index in [1.54, 1.807) is 12.1 Å². The average Bonchev–Trinajstić information content (AvgIpc) is 3.25. The first-order chi connectivity index (χ1) is 10.1. The Bertz CT molecular complexity index is 731. The van der Waals surface area contributed by atoms with Crippen LogP contribution in [0.15, 0.2) is 39.9 Å². The summed E-state index contributed by atoms with van der Waals surface area (Å²) in [4.78, 5) is 26.5. The zero-order valence-corrected chi connectivity index (χ0v) is 11.4. The van der Waals surface area contributed by atoms with Gasteiger partial charge >= 0.3 is 5.69 Å². The third-order valence-electron chi connectivity index (χ3n) is 3.53. The van der Waals surface area contributed by atoms with Crippen molar-refractivity contribution in [3.8, 4) is 0 Å². The molecule has 1 heterocycles. The summed E-state index contributed by atoms with van der Waals surface area (Å²) in [5.41, 5.74) is 0.0153. The van der Waals surface area contributed by atoms with Crippen molar-refractivity contribution in [2.75, 3.05) is 5.32 Å². The highest BCUT2D eigenvalue weighted by Gasteiger charge is 2.23. The van der Waals surface area contributed by atoms with E-state index in [0.717, 1.165) is 18.4 Å². The Morgan fingerprint density at radius 3 is 2.76 bits per heavy atom. The standard InChI is InChI=1S/C15H16FN3O2/c16-12-3-1-2-11(6-12)8-17-13-7-14(20)19(15(21)18-13)9-10-4-5-10/h1-3,6-7,10,17H,4-5,8-9H2,(H,18,21). The second-order valence-corrected chi connectivity index (χ2v) is 5.36. The van der Waals surface area contributed by atoms with E-state index in [-0.39, 0.29) is 11.4 Å². The fourth-order valence-corrected chi connectivity index (χ4v) is 2.19. The van der Waals surface area contributed by atoms with Gasteiger partial charge in [0.15, 0.2) is 0 Å². The Morgan fingerprint density at radius 1 is 1.29 bits per heavy atom. The summed E-state index contributed by atoms with van der Waals surface area (Å²) in [5.74, 6) is 0.485. The maximum atomic E-state index is 13.1. The number of benzene rings is 1. The molecule has 1 aliphatic rings. The number of hydrogen-bond donors (Lipinski definition) is 2. The van der Waals surface area contributed by atoms with Crippen LogP contribution in [0.2, 0.25) is 0 Å². The molecule has 1 aliphatic carbocycles. The van der Waals surface area contributed by atoms with Crippen molar-refractivity contribution < 1.29 is 4.39 Å². The monoisotopic (exact) mass is 289 g/mol. The molecule has 1 aromatic carbocycles. The number of anilines is 1. The summed E-state index contributed by atoms with van der Waals surface area (Å²) >= 11 is 0. The molecule has 0 unspecified atom stereocenters. The minimum Gasteiger partial charge on any atom is -0.367 e. The van der Waals surface area contributed by atoms with E-state index in [1.807, 2.05) is 0 Å². The van der Waals surface area contributed by atoms with Gasteiger partial charge in [0, 0.05) is 19.2 Å². The van der Waals surface area contributed by atoms with Crippen molar-refractivity contribution in [3.63, 3.8) is 0 Å². The smallest absolute Gasteiger partial charge is 0.329 e. The number of aromatic amines is 1. The third kappa shape index (κ3) is 3.39. The van der Waals surface area contributed by atoms with E-state index < -0.39 is 5.69 Å². The molecule has 0 bridgehead atoms. The van der Waals surface area contributed by atoms with Crippen molar-refractivity contribution >= 4 is 5.82 Å². The van der Waals surface area contributed by atoms with Crippen molar-refractivity contribution in [2.24, 2.45) is 5.92 Å². The molecule has 0 aliphatic heterocycles. The first-order valence-electron chi connectivity index (χ1n) is 6.94. The van der Waals surface area contributed by atoms with Crippen LogP contribution in [0.4, 0.5) is 10.2 Å². The number of H-pyrrole nitrogens is 1. The lowest BCUT2D eigenvalue weighted by molar-refractivity contribution is 0.575. The number of rotatable bonds is 5. The predicted molar refractivity (Wildman–Crippen MR) is 77.8 cm³/mol. The minimum absolute atomic E-state index is 0.313. The largest absolute Gasteiger partial charge is 0.367 e. The maximum Gasteiger partial charge on any atom is 0.329 e. The van der Waals surface area contributed by atoms with E-state index in [2.05, 4.69) is 10.3 Å². The molecule has 2 N–H and O–H groups in total. The van der Waals surface area contributed by atoms with Crippen LogP contribution in [0.25, 0.3) is 0 Å². The van der Waals surface area contributed by atoms with Gasteiger partial charge in [0.2, 0.25) is 0 Å². The van der Waals surface area contributed by atoms with Crippen molar-refractivity contribution in [1.29, 1.82) is 0 Å². The highest BCUT2D eigenvalue weighted by molar-refractivity contribution is 5.33. The van der Waals surface area contributed by atoms with Crippen LogP contribution in [-0.4, -0.2) is 9.55 Å². The van der Waals surface area contributed by atoms with Gasteiger partial charge in [-0.25, -0.2) is 9.18 Å². The molecule has 1 saturated carbocycles. The van der Waals surface area contributed by atoms with Crippen LogP contribution in [0.3, 0.4) is 0 Å². The fraction of sp³-hybridized carbons (Fsp3) is 0.333. The molecule has 0 spiro atoms. The van der Waals surface area contributed by atoms with Crippen LogP contribution in [0.5, 0.6) is 0 Å². The van der Waals surface area contributed by atoms with E-state index in [0.29, 0.717) is 24.8 Å². The van der Waals surface area contributed by atoms with Crippen molar-refractivity contribution in [3.05, 3.63) is 62.6 Å². The van der Waals surface area contributed by atoms with Crippen molar-refractivity contribution in [1.82, 2.24) is 9.55 Å². The van der Waals surface area contributed by atoms with Gasteiger partial charge in [-0.05, 0) is 36.5 Å². The SMILES string of the molecule is O=c1cc(NCc2cccc(F)c2)[nH]c(=O)n1CC1CC1. The molecule has 6 heteroatoms. The van der Waals surface area contributed by atoms with Gasteiger partial charge < -0.3 is 5.32 Å². The number of hydrogen-bond acceptors (Lipinski definition) is 3. The summed E-state index contributed by atoms with van der Waals surface area (Å²) in [6, 6.07) is 7.51. The molecule has 0 radical (unpaired) electrons. The second-order valence-electron chi connectivity index (χ2n) is 5.36. The van der Waals surface area contributed by atoms with Crippen molar-refractivity contribution in [2.45, 2.75) is 25.9 Å². The number of nitrogens with zero attached hydrogens (tertiary/aromatic N) is 1. The Morgan fingerprint density at radius 2 is 2.10 bits per heavy atom. The van der Waals surface area contributed by atoms with Crippen LogP contribution < -0.4 is 16.6 Å². The van der Waals surface area contributed by atoms with Crippen LogP contribution in [0, 0.1) is 11.7 Å². The van der Waals surface area contributed by atoms with Gasteiger partial charge in [-0.3, -0.25) is 14.3 Å². The summed E-state index contributed by atoms with van der Waals surface area (Å²) in [6.07, 6.45) is 2.15. The summed E-state index contributed by atoms with van der Waals surface area (Å²) in [7, 11) is 0. The van der Waals surface area contributed by atoms with Gasteiger partial charge in [0.25, 0.3) is 5.56 Å². The van der Waals surface area contributed by atoms with Crippen LogP contribution in [-0.2, 0) is 13.1 Å². The van der Waals surface area contributed by atoms with E-state index >= 15 is 0 Å². The first kappa shape index (κ1) is 13.6. The fourth-order valence-electron chi connectivity index (χ4n) is 2.19. The molecule has 0 amide bonds. The van der Waals surface area contributed by atoms with Gasteiger partial charge in [-0.2, -0.15) is 0 Å². The van der Waals surface area contributed by atoms with E-state index in [1.165, 1.54) is 22.8 Å². The van der Waals surface area contributed by atoms with Crippen LogP contribution in [0.1, 0.15) is 18.4 Å². The maximum absolute atomic E-state index is 13.1. The highest BCUT2D eigenvalue weighted by Crippen LogP contribution is 2.29. The number of nitrogens with one attached hydrogen (secondary N) is 2. The third-order valence-corrected chi connectivity index (χ3v) is 3.53. The van der Waals surface area contributed by atoms with Crippen LogP contribution >= 0.6 is 0 Å². The molecule has 1 fully saturated rings. The Kier molecular flexibility index (Phi) is 3.60. The highest BCUT2D eigenvalue weighted by atomic mass is 19.1. The molecule has 3 rings (SSSR count). The lowest BCUT2D eigenvalue weighted by Gasteiger charge is -2.08. The quantitative estimate of drug-likeness (QED) is 0.880. The topological polar surface area (TPSA) is 66.9 Å². The number of aromatic nitrogens is 2. The van der Waals surface area contributed by atoms with Gasteiger partial charge in [0.05, 0.1) is 0 Å². The molecule has 21 heavy (non-hydrogen) atoms. The van der Waals surface area contributed by atoms with Gasteiger partial charge in [0.1, 0.15) is 11.6 Å². The number of halogens is 1. The Labute approximate surface area is 120 Å². The van der Waals surface area contributed by atoms with Gasteiger partial charge in [-0.15, -0.1) is 0 Å². The zero-order chi connectivity index (χ0) is 14.8. The van der Waals surface area contributed by atoms with E-state index in [4.69, 9.17) is 0 Å². The normalized spacial score (nSPS) is 14.1. The first-order valence-corrected chi connectivity index (χ1v) is 6.94. The van der Waals surface area contributed by atoms with E-state index in [9.17, 15) is 14.0 Å². The molecule has 0 saturated heterocycles. The van der Waals surface area contributed by atoms with Gasteiger partial charge in [-0.1, -0.05) is 12.1 Å². The minimum atomic E-state index is -0.406. The summed E-state index contributed by atoms with van der Waals surface area (Å²) < 4.78 is 14.3.